The third-order valence-corrected chi connectivity index (χ3v) is 2.96. The third-order valence-electron chi connectivity index (χ3n) is 2.96. The highest BCUT2D eigenvalue weighted by Gasteiger charge is 2.22. The molecule has 0 spiro atoms. The molecule has 10 heteroatoms. The number of carboxylic acid groups (broad SMARTS) is 3. The van der Waals surface area contributed by atoms with Gasteiger partial charge in [0.1, 0.15) is 18.1 Å². The molecule has 22 heavy (non-hydrogen) atoms. The summed E-state index contributed by atoms with van der Waals surface area (Å²) in [6.07, 6.45) is -0.0193. The summed E-state index contributed by atoms with van der Waals surface area (Å²) < 4.78 is 0. The largest absolute Gasteiger partial charge is 0.480 e. The summed E-state index contributed by atoms with van der Waals surface area (Å²) in [4.78, 5) is 43.6. The number of carbonyl (C=O) groups excluding carboxylic acids is 1. The Labute approximate surface area is 126 Å². The maximum atomic E-state index is 11.5. The van der Waals surface area contributed by atoms with E-state index in [9.17, 15) is 19.2 Å². The second-order valence-corrected chi connectivity index (χ2v) is 4.82. The van der Waals surface area contributed by atoms with E-state index in [1.807, 2.05) is 0 Å². The van der Waals surface area contributed by atoms with Crippen molar-refractivity contribution in [3.63, 3.8) is 0 Å². The van der Waals surface area contributed by atoms with Gasteiger partial charge in [0.25, 0.3) is 0 Å². The highest BCUT2D eigenvalue weighted by atomic mass is 16.4. The average molecular weight is 319 g/mol. The molecule has 0 aliphatic rings. The third kappa shape index (κ3) is 8.17. The van der Waals surface area contributed by atoms with Gasteiger partial charge < -0.3 is 32.1 Å². The summed E-state index contributed by atoms with van der Waals surface area (Å²) in [5, 5.41) is 28.4. The van der Waals surface area contributed by atoms with Crippen LogP contribution in [0.2, 0.25) is 0 Å². The van der Waals surface area contributed by atoms with E-state index in [1.165, 1.54) is 0 Å². The Morgan fingerprint density at radius 2 is 1.32 bits per heavy atom. The van der Waals surface area contributed by atoms with Crippen molar-refractivity contribution in [1.29, 1.82) is 0 Å². The summed E-state index contributed by atoms with van der Waals surface area (Å²) in [5.41, 5.74) is 10.5. The molecule has 126 valence electrons. The number of rotatable bonds is 11. The van der Waals surface area contributed by atoms with E-state index in [0.29, 0.717) is 0 Å². The number of nitrogens with one attached hydrogen (secondary N) is 1. The zero-order chi connectivity index (χ0) is 17.3. The molecule has 0 unspecified atom stereocenters. The fraction of sp³-hybridized carbons (Fsp3) is 0.667. The zero-order valence-corrected chi connectivity index (χ0v) is 11.9. The van der Waals surface area contributed by atoms with Crippen LogP contribution in [0.1, 0.15) is 32.1 Å². The van der Waals surface area contributed by atoms with E-state index in [1.54, 1.807) is 0 Å². The smallest absolute Gasteiger partial charge is 0.326 e. The van der Waals surface area contributed by atoms with Gasteiger partial charge in [0.15, 0.2) is 0 Å². The molecule has 3 atom stereocenters. The molecule has 0 aromatic heterocycles. The normalized spacial score (nSPS) is 14.6. The van der Waals surface area contributed by atoms with Crippen molar-refractivity contribution >= 4 is 23.8 Å². The predicted octanol–water partition coefficient (Wildman–Crippen LogP) is -1.67. The van der Waals surface area contributed by atoms with Crippen molar-refractivity contribution in [3.8, 4) is 0 Å². The van der Waals surface area contributed by atoms with Gasteiger partial charge in [-0.05, 0) is 25.7 Å². The number of aliphatic carboxylic acids is 3. The Hall–Kier alpha value is -2.20. The average Bonchev–Trinajstić information content (AvgIpc) is 2.42. The van der Waals surface area contributed by atoms with Crippen LogP contribution < -0.4 is 16.8 Å². The van der Waals surface area contributed by atoms with Gasteiger partial charge in [0.05, 0.1) is 0 Å². The summed E-state index contributed by atoms with van der Waals surface area (Å²) in [7, 11) is 0. The van der Waals surface area contributed by atoms with Crippen LogP contribution in [0.15, 0.2) is 0 Å². The number of amides is 1. The molecular formula is C12H21N3O7. The maximum absolute atomic E-state index is 11.5. The topological polar surface area (TPSA) is 193 Å². The van der Waals surface area contributed by atoms with Crippen LogP contribution in [-0.4, -0.2) is 57.3 Å². The molecule has 0 saturated heterocycles. The van der Waals surface area contributed by atoms with Crippen molar-refractivity contribution in [2.75, 3.05) is 0 Å². The SMILES string of the molecule is N[C@@H](CCC[C@H](NC(=O)CC[C@H](N)C(=O)O)C(=O)O)C(=O)O. The molecule has 0 rings (SSSR count). The summed E-state index contributed by atoms with van der Waals surface area (Å²) >= 11 is 0. The maximum Gasteiger partial charge on any atom is 0.326 e. The van der Waals surface area contributed by atoms with Crippen molar-refractivity contribution < 1.29 is 34.5 Å². The highest BCUT2D eigenvalue weighted by Crippen LogP contribution is 2.05. The monoisotopic (exact) mass is 319 g/mol. The summed E-state index contributed by atoms with van der Waals surface area (Å²) in [5.74, 6) is -4.32. The Bertz CT molecular complexity index is 427. The molecular weight excluding hydrogens is 298 g/mol. The first kappa shape index (κ1) is 19.8. The number of carboxylic acids is 3. The second-order valence-electron chi connectivity index (χ2n) is 4.82. The molecule has 10 nitrogen and oxygen atoms in total. The van der Waals surface area contributed by atoms with Gasteiger partial charge >= 0.3 is 17.9 Å². The molecule has 0 aliphatic carbocycles. The van der Waals surface area contributed by atoms with Crippen LogP contribution in [0.4, 0.5) is 0 Å². The predicted molar refractivity (Wildman–Crippen MR) is 73.9 cm³/mol. The lowest BCUT2D eigenvalue weighted by Crippen LogP contribution is -2.42. The Balaban J connectivity index is 4.23. The van der Waals surface area contributed by atoms with Crippen LogP contribution in [0, 0.1) is 0 Å². The molecule has 1 amide bonds. The number of carbonyl (C=O) groups is 4. The van der Waals surface area contributed by atoms with E-state index in [0.717, 1.165) is 0 Å². The number of hydrogen-bond acceptors (Lipinski definition) is 6. The highest BCUT2D eigenvalue weighted by molar-refractivity contribution is 5.84. The van der Waals surface area contributed by atoms with Crippen LogP contribution in [0.3, 0.4) is 0 Å². The number of nitrogens with two attached hydrogens (primary N) is 2. The molecule has 0 heterocycles. The van der Waals surface area contributed by atoms with Gasteiger partial charge in [-0.25, -0.2) is 4.79 Å². The minimum atomic E-state index is -1.26. The van der Waals surface area contributed by atoms with Gasteiger partial charge in [-0.15, -0.1) is 0 Å². The van der Waals surface area contributed by atoms with Crippen molar-refractivity contribution in [1.82, 2.24) is 5.32 Å². The van der Waals surface area contributed by atoms with Gasteiger partial charge in [0, 0.05) is 6.42 Å². The van der Waals surface area contributed by atoms with E-state index in [4.69, 9.17) is 26.8 Å². The van der Waals surface area contributed by atoms with Gasteiger partial charge in [0.2, 0.25) is 5.91 Å². The van der Waals surface area contributed by atoms with Crippen LogP contribution in [-0.2, 0) is 19.2 Å². The number of hydrogen-bond donors (Lipinski definition) is 6. The molecule has 0 aromatic rings. The van der Waals surface area contributed by atoms with Gasteiger partial charge in [-0.2, -0.15) is 0 Å². The van der Waals surface area contributed by atoms with E-state index in [2.05, 4.69) is 5.32 Å². The first-order chi connectivity index (χ1) is 10.1. The van der Waals surface area contributed by atoms with E-state index in [-0.39, 0.29) is 32.1 Å². The molecule has 0 aliphatic heterocycles. The first-order valence-electron chi connectivity index (χ1n) is 6.64. The lowest BCUT2D eigenvalue weighted by atomic mass is 10.1. The van der Waals surface area contributed by atoms with Crippen LogP contribution in [0.25, 0.3) is 0 Å². The molecule has 0 radical (unpaired) electrons. The quantitative estimate of drug-likeness (QED) is 0.258. The van der Waals surface area contributed by atoms with Crippen LogP contribution >= 0.6 is 0 Å². The molecule has 0 bridgehead atoms. The Morgan fingerprint density at radius 3 is 1.77 bits per heavy atom. The van der Waals surface area contributed by atoms with Crippen LogP contribution in [0.5, 0.6) is 0 Å². The Morgan fingerprint density at radius 1 is 0.818 bits per heavy atom. The summed E-state index contributed by atoms with van der Waals surface area (Å²) in [6, 6.07) is -3.46. The minimum Gasteiger partial charge on any atom is -0.480 e. The standard InChI is InChI=1S/C12H21N3O7/c13-6(10(17)18)2-1-3-8(12(21)22)15-9(16)5-4-7(14)11(19)20/h6-8H,1-5,13-14H2,(H,15,16)(H,17,18)(H,19,20)(H,21,22)/t6-,7-,8-/m0/s1. The van der Waals surface area contributed by atoms with Crippen molar-refractivity contribution in [3.05, 3.63) is 0 Å². The second kappa shape index (κ2) is 9.68. The summed E-state index contributed by atoms with van der Waals surface area (Å²) in [6.45, 7) is 0. The zero-order valence-electron chi connectivity index (χ0n) is 11.9. The molecule has 0 fully saturated rings. The van der Waals surface area contributed by atoms with Gasteiger partial charge in [-0.3, -0.25) is 14.4 Å². The molecule has 8 N–H and O–H groups in total. The fourth-order valence-electron chi connectivity index (χ4n) is 1.60. The van der Waals surface area contributed by atoms with E-state index >= 15 is 0 Å². The molecule has 0 saturated carbocycles. The van der Waals surface area contributed by atoms with Crippen molar-refractivity contribution in [2.24, 2.45) is 11.5 Å². The Kier molecular flexibility index (Phi) is 8.72. The van der Waals surface area contributed by atoms with E-state index < -0.39 is 41.9 Å². The van der Waals surface area contributed by atoms with Gasteiger partial charge in [-0.1, -0.05) is 0 Å². The lowest BCUT2D eigenvalue weighted by molar-refractivity contribution is -0.142. The first-order valence-corrected chi connectivity index (χ1v) is 6.64. The minimum absolute atomic E-state index is 0.0209. The van der Waals surface area contributed by atoms with Crippen molar-refractivity contribution in [2.45, 2.75) is 50.2 Å². The molecule has 0 aromatic carbocycles. The fourth-order valence-corrected chi connectivity index (χ4v) is 1.60. The lowest BCUT2D eigenvalue weighted by Gasteiger charge is -2.15.